The van der Waals surface area contributed by atoms with E-state index in [9.17, 15) is 9.59 Å². The Hall–Kier alpha value is -3.48. The highest BCUT2D eigenvalue weighted by Gasteiger charge is 2.22. The lowest BCUT2D eigenvalue weighted by molar-refractivity contribution is -0.127. The fraction of sp³-hybridized carbons (Fsp3) is 0.158. The number of amides is 2. The molecule has 0 fully saturated rings. The number of hydrazone groups is 1. The van der Waals surface area contributed by atoms with Crippen molar-refractivity contribution < 1.29 is 9.59 Å². The number of nitrogens with one attached hydrogen (secondary N) is 1. The molecule has 1 N–H and O–H groups in total. The third kappa shape index (κ3) is 3.06. The predicted molar refractivity (Wildman–Crippen MR) is 99.1 cm³/mol. The minimum Gasteiger partial charge on any atom is -0.326 e. The molecule has 7 nitrogen and oxygen atoms in total. The van der Waals surface area contributed by atoms with Crippen molar-refractivity contribution in [3.63, 3.8) is 0 Å². The highest BCUT2D eigenvalue weighted by molar-refractivity contribution is 6.14. The van der Waals surface area contributed by atoms with Crippen LogP contribution in [0.4, 0.5) is 5.69 Å². The van der Waals surface area contributed by atoms with Crippen molar-refractivity contribution in [2.45, 2.75) is 12.8 Å². The van der Waals surface area contributed by atoms with E-state index in [-0.39, 0.29) is 24.7 Å². The number of fused-ring (bicyclic) bond motifs is 1. The van der Waals surface area contributed by atoms with Gasteiger partial charge in [-0.3, -0.25) is 9.59 Å². The van der Waals surface area contributed by atoms with E-state index in [0.717, 1.165) is 16.6 Å². The Morgan fingerprint density at radius 1 is 1.15 bits per heavy atom. The van der Waals surface area contributed by atoms with Crippen LogP contribution in [0, 0.1) is 0 Å². The molecule has 130 valence electrons. The molecule has 0 radical (unpaired) electrons. The second-order valence-corrected chi connectivity index (χ2v) is 6.15. The van der Waals surface area contributed by atoms with Crippen LogP contribution >= 0.6 is 0 Å². The molecule has 0 saturated heterocycles. The normalized spacial score (nSPS) is 14.0. The van der Waals surface area contributed by atoms with E-state index < -0.39 is 0 Å². The zero-order valence-corrected chi connectivity index (χ0v) is 14.2. The maximum absolute atomic E-state index is 12.1. The van der Waals surface area contributed by atoms with E-state index in [1.165, 1.54) is 5.01 Å². The van der Waals surface area contributed by atoms with Crippen molar-refractivity contribution in [1.82, 2.24) is 14.8 Å². The number of carbonyl (C=O) groups is 2. The molecule has 1 aliphatic rings. The van der Waals surface area contributed by atoms with Crippen LogP contribution in [0.5, 0.6) is 0 Å². The number of nitrogens with zero attached hydrogens (tertiary/aromatic N) is 4. The monoisotopic (exact) mass is 347 g/mol. The fourth-order valence-corrected chi connectivity index (χ4v) is 2.94. The molecule has 0 aliphatic carbocycles. The Balaban J connectivity index is 1.45. The lowest BCUT2D eigenvalue weighted by Gasteiger charge is -2.07. The summed E-state index contributed by atoms with van der Waals surface area (Å²) >= 11 is 0. The highest BCUT2D eigenvalue weighted by Crippen LogP contribution is 2.19. The summed E-state index contributed by atoms with van der Waals surface area (Å²) in [4.78, 5) is 23.6. The van der Waals surface area contributed by atoms with Crippen molar-refractivity contribution in [3.8, 4) is 5.69 Å². The molecular weight excluding hydrogens is 330 g/mol. The third-order valence-corrected chi connectivity index (χ3v) is 4.25. The molecule has 26 heavy (non-hydrogen) atoms. The first-order valence-electron chi connectivity index (χ1n) is 8.26. The van der Waals surface area contributed by atoms with Gasteiger partial charge in [0.15, 0.2) is 0 Å². The van der Waals surface area contributed by atoms with Gasteiger partial charge in [0.05, 0.1) is 36.0 Å². The fourth-order valence-electron chi connectivity index (χ4n) is 2.94. The number of para-hydroxylation sites is 1. The first kappa shape index (κ1) is 16.0. The molecule has 1 aromatic heterocycles. The molecule has 4 rings (SSSR count). The topological polar surface area (TPSA) is 79.6 Å². The Kier molecular flexibility index (Phi) is 3.96. The summed E-state index contributed by atoms with van der Waals surface area (Å²) in [5.41, 5.74) is 3.21. The van der Waals surface area contributed by atoms with Gasteiger partial charge in [0.25, 0.3) is 0 Å². The average molecular weight is 347 g/mol. The van der Waals surface area contributed by atoms with Gasteiger partial charge < -0.3 is 5.32 Å². The van der Waals surface area contributed by atoms with Crippen molar-refractivity contribution in [2.24, 2.45) is 5.10 Å². The Morgan fingerprint density at radius 2 is 1.92 bits per heavy atom. The molecule has 7 heteroatoms. The van der Waals surface area contributed by atoms with Crippen molar-refractivity contribution in [1.29, 1.82) is 0 Å². The van der Waals surface area contributed by atoms with E-state index in [2.05, 4.69) is 15.5 Å². The summed E-state index contributed by atoms with van der Waals surface area (Å²) in [6, 6.07) is 15.4. The molecule has 0 atom stereocenters. The Morgan fingerprint density at radius 3 is 2.65 bits per heavy atom. The number of rotatable bonds is 4. The first-order chi connectivity index (χ1) is 12.6. The minimum atomic E-state index is -0.191. The molecule has 1 aliphatic heterocycles. The number of hydrogen-bond acceptors (Lipinski definition) is 4. The van der Waals surface area contributed by atoms with Crippen LogP contribution in [0.15, 0.2) is 59.8 Å². The zero-order chi connectivity index (χ0) is 18.1. The summed E-state index contributed by atoms with van der Waals surface area (Å²) in [7, 11) is 1.59. The van der Waals surface area contributed by atoms with Crippen LogP contribution in [-0.2, 0) is 9.59 Å². The van der Waals surface area contributed by atoms with Crippen molar-refractivity contribution in [3.05, 3.63) is 54.7 Å². The molecule has 3 aromatic rings. The summed E-state index contributed by atoms with van der Waals surface area (Å²) in [5.74, 6) is -0.284. The van der Waals surface area contributed by atoms with Crippen molar-refractivity contribution >= 4 is 34.1 Å². The van der Waals surface area contributed by atoms with Gasteiger partial charge in [-0.15, -0.1) is 0 Å². The number of benzene rings is 2. The lowest BCUT2D eigenvalue weighted by Crippen LogP contribution is -2.16. The molecule has 2 amide bonds. The highest BCUT2D eigenvalue weighted by atomic mass is 16.2. The molecule has 0 unspecified atom stereocenters. The Bertz CT molecular complexity index is 1020. The summed E-state index contributed by atoms with van der Waals surface area (Å²) in [5, 5.41) is 13.6. The molecular formula is C19H17N5O2. The lowest BCUT2D eigenvalue weighted by atomic mass is 10.2. The zero-order valence-electron chi connectivity index (χ0n) is 14.2. The van der Waals surface area contributed by atoms with Gasteiger partial charge in [-0.2, -0.15) is 10.2 Å². The van der Waals surface area contributed by atoms with E-state index >= 15 is 0 Å². The minimum absolute atomic E-state index is 0.0939. The van der Waals surface area contributed by atoms with Crippen LogP contribution in [0.25, 0.3) is 16.6 Å². The summed E-state index contributed by atoms with van der Waals surface area (Å²) in [6.45, 7) is 0. The largest absolute Gasteiger partial charge is 0.326 e. The molecule has 2 heterocycles. The Labute approximate surface area is 149 Å². The van der Waals surface area contributed by atoms with E-state index in [1.54, 1.807) is 7.05 Å². The van der Waals surface area contributed by atoms with E-state index in [1.807, 2.05) is 59.4 Å². The number of aromatic nitrogens is 2. The maximum Gasteiger partial charge on any atom is 0.248 e. The summed E-state index contributed by atoms with van der Waals surface area (Å²) < 4.78 is 1.86. The van der Waals surface area contributed by atoms with E-state index in [4.69, 9.17) is 0 Å². The van der Waals surface area contributed by atoms with Crippen LogP contribution in [0.2, 0.25) is 0 Å². The average Bonchev–Trinajstić information content (AvgIpc) is 3.19. The standard InChI is InChI=1S/C19H17N5O2/c1-23-19(26)11-15(22-23)10-18(25)21-14-6-8-16(9-7-14)24-17-5-3-2-4-13(17)12-20-24/h2-9,12H,10-11H2,1H3,(H,21,25). The molecule has 0 bridgehead atoms. The molecule has 0 saturated carbocycles. The van der Waals surface area contributed by atoms with Gasteiger partial charge in [-0.1, -0.05) is 18.2 Å². The number of anilines is 1. The smallest absolute Gasteiger partial charge is 0.248 e. The van der Waals surface area contributed by atoms with Crippen LogP contribution < -0.4 is 5.32 Å². The number of carbonyl (C=O) groups excluding carboxylic acids is 2. The van der Waals surface area contributed by atoms with Crippen molar-refractivity contribution in [2.75, 3.05) is 12.4 Å². The first-order valence-corrected chi connectivity index (χ1v) is 8.26. The van der Waals surface area contributed by atoms with Gasteiger partial charge in [0.1, 0.15) is 0 Å². The summed E-state index contributed by atoms with van der Waals surface area (Å²) in [6.07, 6.45) is 2.14. The second-order valence-electron chi connectivity index (χ2n) is 6.15. The van der Waals surface area contributed by atoms with Crippen LogP contribution in [-0.4, -0.2) is 39.4 Å². The number of hydrogen-bond donors (Lipinski definition) is 1. The van der Waals surface area contributed by atoms with Crippen LogP contribution in [0.3, 0.4) is 0 Å². The molecule has 2 aromatic carbocycles. The predicted octanol–water partition coefficient (Wildman–Crippen LogP) is 2.57. The molecule has 0 spiro atoms. The SMILES string of the molecule is CN1N=C(CC(=O)Nc2ccc(-n3ncc4ccccc43)cc2)CC1=O. The third-order valence-electron chi connectivity index (χ3n) is 4.25. The van der Waals surface area contributed by atoms with Gasteiger partial charge in [0.2, 0.25) is 11.8 Å². The van der Waals surface area contributed by atoms with Crippen LogP contribution in [0.1, 0.15) is 12.8 Å². The quantitative estimate of drug-likeness (QED) is 0.788. The van der Waals surface area contributed by atoms with Gasteiger partial charge in [-0.05, 0) is 30.3 Å². The van der Waals surface area contributed by atoms with Gasteiger partial charge >= 0.3 is 0 Å². The van der Waals surface area contributed by atoms with E-state index in [0.29, 0.717) is 11.4 Å². The van der Waals surface area contributed by atoms with Gasteiger partial charge in [-0.25, -0.2) is 9.69 Å². The second kappa shape index (κ2) is 6.44. The van der Waals surface area contributed by atoms with Gasteiger partial charge in [0, 0.05) is 18.1 Å². The maximum atomic E-state index is 12.1.